The summed E-state index contributed by atoms with van der Waals surface area (Å²) >= 11 is 0. The van der Waals surface area contributed by atoms with Gasteiger partial charge in [-0.3, -0.25) is 0 Å². The Hall–Kier alpha value is -0.120. The lowest BCUT2D eigenvalue weighted by atomic mass is 9.84. The first kappa shape index (κ1) is 10.4. The number of hydrogen-bond donors (Lipinski definition) is 1. The zero-order valence-electron chi connectivity index (χ0n) is 9.21. The second-order valence-corrected chi connectivity index (χ2v) is 4.66. The van der Waals surface area contributed by atoms with Gasteiger partial charge in [-0.05, 0) is 12.3 Å². The van der Waals surface area contributed by atoms with Crippen LogP contribution in [-0.2, 0) is 9.47 Å². The van der Waals surface area contributed by atoms with Crippen LogP contribution in [0.3, 0.4) is 0 Å². The lowest BCUT2D eigenvalue weighted by Crippen LogP contribution is -2.68. The van der Waals surface area contributed by atoms with Crippen LogP contribution in [-0.4, -0.2) is 38.0 Å². The van der Waals surface area contributed by atoms with Crippen molar-refractivity contribution in [3.8, 4) is 0 Å². The number of ether oxygens (including phenoxy) is 2. The average molecular weight is 199 g/mol. The Morgan fingerprint density at radius 2 is 2.29 bits per heavy atom. The van der Waals surface area contributed by atoms with Gasteiger partial charge < -0.3 is 14.8 Å². The normalized spacial score (nSPS) is 32.6. The summed E-state index contributed by atoms with van der Waals surface area (Å²) in [6, 6.07) is 0.500. The maximum Gasteiger partial charge on any atom is 0.130 e. The molecule has 3 heteroatoms. The van der Waals surface area contributed by atoms with Gasteiger partial charge in [-0.2, -0.15) is 0 Å². The molecular weight excluding hydrogens is 178 g/mol. The van der Waals surface area contributed by atoms with E-state index in [-0.39, 0.29) is 5.60 Å². The third kappa shape index (κ3) is 1.81. The van der Waals surface area contributed by atoms with Crippen molar-refractivity contribution in [1.29, 1.82) is 0 Å². The van der Waals surface area contributed by atoms with Crippen molar-refractivity contribution in [2.24, 2.45) is 5.92 Å². The molecule has 0 radical (unpaired) electrons. The molecule has 0 saturated carbocycles. The second-order valence-electron chi connectivity index (χ2n) is 4.66. The van der Waals surface area contributed by atoms with E-state index in [1.807, 2.05) is 0 Å². The molecule has 2 aliphatic rings. The molecule has 1 N–H and O–H groups in total. The van der Waals surface area contributed by atoms with E-state index < -0.39 is 0 Å². The highest BCUT2D eigenvalue weighted by atomic mass is 16.6. The lowest BCUT2D eigenvalue weighted by molar-refractivity contribution is -0.239. The Bertz CT molecular complexity index is 192. The summed E-state index contributed by atoms with van der Waals surface area (Å²) in [5, 5.41) is 3.57. The number of nitrogens with one attached hydrogen (secondary N) is 1. The summed E-state index contributed by atoms with van der Waals surface area (Å²) in [7, 11) is 0. The van der Waals surface area contributed by atoms with Gasteiger partial charge in [0.15, 0.2) is 0 Å². The topological polar surface area (TPSA) is 30.5 Å². The molecule has 2 heterocycles. The summed E-state index contributed by atoms with van der Waals surface area (Å²) in [6.07, 6.45) is 2.45. The van der Waals surface area contributed by atoms with E-state index in [2.05, 4.69) is 19.2 Å². The van der Waals surface area contributed by atoms with Crippen LogP contribution in [0.25, 0.3) is 0 Å². The standard InChI is InChI=1S/C11H21NO2/c1-3-9(2)6-10-11(7-13-8-11)14-5-4-12-10/h9-10,12H,3-8H2,1-2H3. The molecule has 0 aromatic rings. The van der Waals surface area contributed by atoms with Crippen LogP contribution in [0, 0.1) is 5.92 Å². The number of morpholine rings is 1. The number of rotatable bonds is 3. The molecule has 2 unspecified atom stereocenters. The molecule has 82 valence electrons. The van der Waals surface area contributed by atoms with E-state index >= 15 is 0 Å². The quantitative estimate of drug-likeness (QED) is 0.740. The van der Waals surface area contributed by atoms with Gasteiger partial charge in [0.2, 0.25) is 0 Å². The Kier molecular flexibility index (Phi) is 3.10. The van der Waals surface area contributed by atoms with Gasteiger partial charge in [-0.15, -0.1) is 0 Å². The molecule has 0 aromatic carbocycles. The first-order chi connectivity index (χ1) is 6.77. The van der Waals surface area contributed by atoms with Gasteiger partial charge in [0.25, 0.3) is 0 Å². The van der Waals surface area contributed by atoms with Gasteiger partial charge >= 0.3 is 0 Å². The van der Waals surface area contributed by atoms with Crippen molar-refractivity contribution >= 4 is 0 Å². The Labute approximate surface area is 86.2 Å². The second kappa shape index (κ2) is 4.17. The molecule has 1 spiro atoms. The van der Waals surface area contributed by atoms with Crippen molar-refractivity contribution in [2.75, 3.05) is 26.4 Å². The molecule has 2 saturated heterocycles. The predicted octanol–water partition coefficient (Wildman–Crippen LogP) is 1.18. The summed E-state index contributed by atoms with van der Waals surface area (Å²) in [4.78, 5) is 0. The van der Waals surface area contributed by atoms with E-state index in [1.165, 1.54) is 12.8 Å². The molecule has 3 nitrogen and oxygen atoms in total. The first-order valence-corrected chi connectivity index (χ1v) is 5.72. The van der Waals surface area contributed by atoms with Gasteiger partial charge in [0.05, 0.1) is 19.8 Å². The largest absolute Gasteiger partial charge is 0.375 e. The molecule has 2 atom stereocenters. The highest BCUT2D eigenvalue weighted by Crippen LogP contribution is 2.31. The fourth-order valence-electron chi connectivity index (χ4n) is 2.23. The monoisotopic (exact) mass is 199 g/mol. The Balaban J connectivity index is 1.93. The van der Waals surface area contributed by atoms with Crippen molar-refractivity contribution in [2.45, 2.75) is 38.3 Å². The molecule has 2 aliphatic heterocycles. The van der Waals surface area contributed by atoms with Crippen LogP contribution in [0.2, 0.25) is 0 Å². The molecule has 0 aromatic heterocycles. The predicted molar refractivity (Wildman–Crippen MR) is 55.4 cm³/mol. The molecule has 14 heavy (non-hydrogen) atoms. The molecule has 2 fully saturated rings. The average Bonchev–Trinajstić information content (AvgIpc) is 2.16. The maximum absolute atomic E-state index is 5.87. The van der Waals surface area contributed by atoms with Crippen LogP contribution < -0.4 is 5.32 Å². The Morgan fingerprint density at radius 3 is 2.86 bits per heavy atom. The van der Waals surface area contributed by atoms with E-state index in [4.69, 9.17) is 9.47 Å². The molecule has 2 rings (SSSR count). The van der Waals surface area contributed by atoms with Crippen molar-refractivity contribution in [3.63, 3.8) is 0 Å². The molecule has 0 amide bonds. The summed E-state index contributed by atoms with van der Waals surface area (Å²) in [5.41, 5.74) is 0.0156. The van der Waals surface area contributed by atoms with Gasteiger partial charge in [-0.1, -0.05) is 20.3 Å². The highest BCUT2D eigenvalue weighted by molar-refractivity contribution is 5.01. The SMILES string of the molecule is CCC(C)CC1NCCOC12COC2. The summed E-state index contributed by atoms with van der Waals surface area (Å²) in [5.74, 6) is 0.770. The van der Waals surface area contributed by atoms with E-state index in [0.29, 0.717) is 6.04 Å². The highest BCUT2D eigenvalue weighted by Gasteiger charge is 2.48. The molecular formula is C11H21NO2. The zero-order chi connectivity index (χ0) is 10.0. The van der Waals surface area contributed by atoms with Crippen LogP contribution in [0.15, 0.2) is 0 Å². The summed E-state index contributed by atoms with van der Waals surface area (Å²) in [6.45, 7) is 7.94. The maximum atomic E-state index is 5.87. The van der Waals surface area contributed by atoms with Crippen molar-refractivity contribution < 1.29 is 9.47 Å². The third-order valence-corrected chi connectivity index (χ3v) is 3.55. The van der Waals surface area contributed by atoms with Gasteiger partial charge in [0, 0.05) is 12.6 Å². The minimum Gasteiger partial charge on any atom is -0.375 e. The number of hydrogen-bond acceptors (Lipinski definition) is 3. The van der Waals surface area contributed by atoms with Gasteiger partial charge in [0.1, 0.15) is 5.60 Å². The van der Waals surface area contributed by atoms with E-state index in [9.17, 15) is 0 Å². The minimum absolute atomic E-state index is 0.0156. The molecule has 0 bridgehead atoms. The van der Waals surface area contributed by atoms with Crippen LogP contribution in [0.5, 0.6) is 0 Å². The summed E-state index contributed by atoms with van der Waals surface area (Å²) < 4.78 is 11.2. The lowest BCUT2D eigenvalue weighted by Gasteiger charge is -2.50. The van der Waals surface area contributed by atoms with Crippen LogP contribution in [0.1, 0.15) is 26.7 Å². The van der Waals surface area contributed by atoms with Crippen LogP contribution >= 0.6 is 0 Å². The third-order valence-electron chi connectivity index (χ3n) is 3.55. The van der Waals surface area contributed by atoms with Crippen molar-refractivity contribution in [1.82, 2.24) is 5.32 Å². The van der Waals surface area contributed by atoms with Crippen LogP contribution in [0.4, 0.5) is 0 Å². The molecule has 0 aliphatic carbocycles. The zero-order valence-corrected chi connectivity index (χ0v) is 9.21. The van der Waals surface area contributed by atoms with Gasteiger partial charge in [-0.25, -0.2) is 0 Å². The Morgan fingerprint density at radius 1 is 1.50 bits per heavy atom. The van der Waals surface area contributed by atoms with E-state index in [0.717, 1.165) is 32.3 Å². The van der Waals surface area contributed by atoms with Crippen molar-refractivity contribution in [3.05, 3.63) is 0 Å². The fraction of sp³-hybridized carbons (Fsp3) is 1.00. The minimum atomic E-state index is 0.0156. The van der Waals surface area contributed by atoms with E-state index in [1.54, 1.807) is 0 Å². The fourth-order valence-corrected chi connectivity index (χ4v) is 2.23. The first-order valence-electron chi connectivity index (χ1n) is 5.72. The smallest absolute Gasteiger partial charge is 0.130 e.